The minimum Gasteiger partial charge on any atom is -0.478 e. The predicted molar refractivity (Wildman–Crippen MR) is 122 cm³/mol. The lowest BCUT2D eigenvalue weighted by atomic mass is 9.88. The van der Waals surface area contributed by atoms with Gasteiger partial charge in [-0.25, -0.2) is 9.59 Å². The van der Waals surface area contributed by atoms with Gasteiger partial charge in [0.25, 0.3) is 0 Å². The summed E-state index contributed by atoms with van der Waals surface area (Å²) < 4.78 is 6.07. The fourth-order valence-electron chi connectivity index (χ4n) is 3.92. The standard InChI is InChI=1S/C25H21NO6/c1-4-26-19-10-21-17(7-12(19)2)23(18-8-13(3)20(27)11-22(18)32-21)15-6-5-14(24(28)29)9-16(15)25(30)31/h5-11,26H,4H2,1-3H3,(H,28,29)(H,30,31). The minimum atomic E-state index is -1.25. The van der Waals surface area contributed by atoms with Crippen molar-refractivity contribution in [2.24, 2.45) is 0 Å². The van der Waals surface area contributed by atoms with E-state index in [1.807, 2.05) is 26.0 Å². The second-order valence-corrected chi connectivity index (χ2v) is 7.66. The van der Waals surface area contributed by atoms with Gasteiger partial charge in [-0.2, -0.15) is 0 Å². The number of carbonyl (C=O) groups is 2. The highest BCUT2D eigenvalue weighted by molar-refractivity contribution is 6.09. The van der Waals surface area contributed by atoms with Crippen LogP contribution in [0.5, 0.6) is 0 Å². The molecule has 1 aliphatic carbocycles. The van der Waals surface area contributed by atoms with Crippen LogP contribution in [-0.4, -0.2) is 28.7 Å². The summed E-state index contributed by atoms with van der Waals surface area (Å²) in [7, 11) is 0. The van der Waals surface area contributed by atoms with E-state index in [1.165, 1.54) is 18.2 Å². The highest BCUT2D eigenvalue weighted by atomic mass is 16.4. The van der Waals surface area contributed by atoms with Crippen molar-refractivity contribution < 1.29 is 24.2 Å². The Morgan fingerprint density at radius 1 is 0.938 bits per heavy atom. The molecule has 0 spiro atoms. The zero-order valence-electron chi connectivity index (χ0n) is 17.8. The van der Waals surface area contributed by atoms with Gasteiger partial charge in [-0.3, -0.25) is 4.79 Å². The van der Waals surface area contributed by atoms with Crippen molar-refractivity contribution in [3.63, 3.8) is 0 Å². The van der Waals surface area contributed by atoms with E-state index in [-0.39, 0.29) is 16.6 Å². The number of benzene rings is 3. The molecule has 32 heavy (non-hydrogen) atoms. The number of fused-ring (bicyclic) bond motifs is 2. The van der Waals surface area contributed by atoms with E-state index in [0.29, 0.717) is 45.5 Å². The Balaban J connectivity index is 2.19. The van der Waals surface area contributed by atoms with Gasteiger partial charge in [-0.1, -0.05) is 6.07 Å². The van der Waals surface area contributed by atoms with Gasteiger partial charge in [0.15, 0.2) is 5.43 Å². The Morgan fingerprint density at radius 2 is 1.69 bits per heavy atom. The predicted octanol–water partition coefficient (Wildman–Crippen LogP) is 5.01. The molecule has 2 aromatic rings. The number of hydrogen-bond donors (Lipinski definition) is 3. The molecule has 2 aromatic carbocycles. The fourth-order valence-corrected chi connectivity index (χ4v) is 3.92. The summed E-state index contributed by atoms with van der Waals surface area (Å²) in [4.78, 5) is 35.8. The number of hydrogen-bond acceptors (Lipinski definition) is 5. The van der Waals surface area contributed by atoms with Crippen LogP contribution in [0.15, 0.2) is 51.7 Å². The quantitative estimate of drug-likeness (QED) is 0.380. The Kier molecular flexibility index (Phi) is 5.18. The summed E-state index contributed by atoms with van der Waals surface area (Å²) >= 11 is 0. The smallest absolute Gasteiger partial charge is 0.336 e. The van der Waals surface area contributed by atoms with Crippen LogP contribution in [0.25, 0.3) is 33.4 Å². The van der Waals surface area contributed by atoms with Crippen LogP contribution in [-0.2, 0) is 0 Å². The first kappa shape index (κ1) is 21.1. The second kappa shape index (κ2) is 7.85. The lowest BCUT2D eigenvalue weighted by molar-refractivity contribution is 0.0696. The zero-order chi connectivity index (χ0) is 23.2. The molecule has 0 amide bonds. The molecule has 0 fully saturated rings. The van der Waals surface area contributed by atoms with Crippen molar-refractivity contribution in [2.45, 2.75) is 20.8 Å². The number of nitrogens with one attached hydrogen (secondary N) is 1. The third-order valence-electron chi connectivity index (χ3n) is 5.50. The largest absolute Gasteiger partial charge is 0.478 e. The molecule has 0 saturated carbocycles. The molecule has 4 rings (SSSR count). The Hall–Kier alpha value is -4.13. The van der Waals surface area contributed by atoms with Gasteiger partial charge in [-0.15, -0.1) is 0 Å². The number of anilines is 1. The molecule has 0 unspecified atom stereocenters. The summed E-state index contributed by atoms with van der Waals surface area (Å²) in [5.74, 6) is -2.13. The third kappa shape index (κ3) is 3.47. The van der Waals surface area contributed by atoms with Gasteiger partial charge < -0.3 is 19.9 Å². The van der Waals surface area contributed by atoms with Crippen LogP contribution in [0.4, 0.5) is 5.69 Å². The lowest BCUT2D eigenvalue weighted by Crippen LogP contribution is -2.08. The van der Waals surface area contributed by atoms with Crippen molar-refractivity contribution in [3.05, 3.63) is 74.9 Å². The number of rotatable bonds is 5. The van der Waals surface area contributed by atoms with Gasteiger partial charge in [0.05, 0.1) is 11.1 Å². The van der Waals surface area contributed by atoms with E-state index in [2.05, 4.69) is 5.32 Å². The van der Waals surface area contributed by atoms with Crippen LogP contribution in [0, 0.1) is 13.8 Å². The molecule has 0 saturated heterocycles. The first-order valence-corrected chi connectivity index (χ1v) is 10.1. The molecular formula is C25H21NO6. The first-order chi connectivity index (χ1) is 15.2. The number of carboxylic acids is 2. The van der Waals surface area contributed by atoms with Gasteiger partial charge in [-0.05, 0) is 61.7 Å². The zero-order valence-corrected chi connectivity index (χ0v) is 17.8. The van der Waals surface area contributed by atoms with Crippen LogP contribution in [0.3, 0.4) is 0 Å². The van der Waals surface area contributed by atoms with Crippen molar-refractivity contribution in [1.82, 2.24) is 0 Å². The number of carboxylic acid groups (broad SMARTS) is 2. The number of aromatic carboxylic acids is 2. The van der Waals surface area contributed by atoms with Crippen LogP contribution in [0.2, 0.25) is 0 Å². The fraction of sp³-hybridized carbons (Fsp3) is 0.160. The first-order valence-electron chi connectivity index (χ1n) is 10.1. The Bertz CT molecular complexity index is 1430. The summed E-state index contributed by atoms with van der Waals surface area (Å²) in [6.45, 7) is 6.29. The molecule has 0 bridgehead atoms. The molecule has 7 nitrogen and oxygen atoms in total. The average molecular weight is 431 g/mol. The topological polar surface area (TPSA) is 117 Å². The van der Waals surface area contributed by atoms with Gasteiger partial charge >= 0.3 is 11.9 Å². The molecule has 2 aliphatic rings. The maximum Gasteiger partial charge on any atom is 0.336 e. The van der Waals surface area contributed by atoms with Crippen molar-refractivity contribution >= 4 is 28.6 Å². The Labute approximate surface area is 183 Å². The number of aryl methyl sites for hydroxylation is 2. The van der Waals surface area contributed by atoms with Crippen molar-refractivity contribution in [1.29, 1.82) is 0 Å². The van der Waals surface area contributed by atoms with Gasteiger partial charge in [0, 0.05) is 40.9 Å². The monoisotopic (exact) mass is 431 g/mol. The van der Waals surface area contributed by atoms with Crippen LogP contribution >= 0.6 is 0 Å². The van der Waals surface area contributed by atoms with Crippen LogP contribution in [0.1, 0.15) is 38.8 Å². The summed E-state index contributed by atoms with van der Waals surface area (Å²) in [5, 5.41) is 23.1. The molecular weight excluding hydrogens is 410 g/mol. The summed E-state index contributed by atoms with van der Waals surface area (Å²) in [6.07, 6.45) is 0. The van der Waals surface area contributed by atoms with Crippen molar-refractivity contribution in [3.8, 4) is 22.5 Å². The molecule has 162 valence electrons. The maximum atomic E-state index is 12.3. The summed E-state index contributed by atoms with van der Waals surface area (Å²) in [6, 6.07) is 10.8. The molecule has 0 atom stereocenters. The molecule has 1 heterocycles. The van der Waals surface area contributed by atoms with Crippen LogP contribution < -0.4 is 10.7 Å². The normalized spacial score (nSPS) is 11.1. The highest BCUT2D eigenvalue weighted by Gasteiger charge is 2.24. The summed E-state index contributed by atoms with van der Waals surface area (Å²) in [5.41, 5.74) is 3.83. The molecule has 0 radical (unpaired) electrons. The van der Waals surface area contributed by atoms with E-state index in [1.54, 1.807) is 13.0 Å². The lowest BCUT2D eigenvalue weighted by Gasteiger charge is -2.19. The molecule has 1 aliphatic heterocycles. The second-order valence-electron chi connectivity index (χ2n) is 7.66. The van der Waals surface area contributed by atoms with E-state index in [4.69, 9.17) is 4.42 Å². The Morgan fingerprint density at radius 3 is 2.34 bits per heavy atom. The minimum absolute atomic E-state index is 0.121. The average Bonchev–Trinajstić information content (AvgIpc) is 2.74. The molecule has 0 aromatic heterocycles. The van der Waals surface area contributed by atoms with E-state index < -0.39 is 11.9 Å². The SMILES string of the molecule is CCNc1cc2oc3cc(=O)c(C)cc-3c(-c3ccc(C(=O)O)cc3C(=O)O)c2cc1C. The van der Waals surface area contributed by atoms with Gasteiger partial charge in [0.2, 0.25) is 0 Å². The highest BCUT2D eigenvalue weighted by Crippen LogP contribution is 2.43. The maximum absolute atomic E-state index is 12.3. The van der Waals surface area contributed by atoms with E-state index in [9.17, 15) is 24.6 Å². The molecule has 3 N–H and O–H groups in total. The van der Waals surface area contributed by atoms with Crippen molar-refractivity contribution in [2.75, 3.05) is 11.9 Å². The van der Waals surface area contributed by atoms with E-state index >= 15 is 0 Å². The third-order valence-corrected chi connectivity index (χ3v) is 5.50. The molecule has 7 heteroatoms. The van der Waals surface area contributed by atoms with Gasteiger partial charge in [0.1, 0.15) is 11.3 Å². The van der Waals surface area contributed by atoms with E-state index in [0.717, 1.165) is 17.3 Å².